The number of aliphatic hydroxyl groups excluding tert-OH is 1. The summed E-state index contributed by atoms with van der Waals surface area (Å²) in [5.74, 6) is 0.234. The summed E-state index contributed by atoms with van der Waals surface area (Å²) < 4.78 is 0. The highest BCUT2D eigenvalue weighted by molar-refractivity contribution is 5.76. The molecule has 1 N–H and O–H groups in total. The molecule has 3 heteroatoms. The van der Waals surface area contributed by atoms with Crippen LogP contribution >= 0.6 is 0 Å². The number of hydrogen-bond donors (Lipinski definition) is 1. The summed E-state index contributed by atoms with van der Waals surface area (Å²) in [5, 5.41) is 8.56. The Labute approximate surface area is 79.7 Å². The first-order valence-electron chi connectivity index (χ1n) is 5.12. The van der Waals surface area contributed by atoms with Gasteiger partial charge in [-0.05, 0) is 32.1 Å². The molecule has 3 nitrogen and oxygen atoms in total. The Bertz CT molecular complexity index is 166. The van der Waals surface area contributed by atoms with Crippen LogP contribution < -0.4 is 0 Å². The van der Waals surface area contributed by atoms with E-state index < -0.39 is 0 Å². The third-order valence-electron chi connectivity index (χ3n) is 2.81. The third-order valence-corrected chi connectivity index (χ3v) is 2.81. The van der Waals surface area contributed by atoms with Crippen LogP contribution in [0.2, 0.25) is 0 Å². The lowest BCUT2D eigenvalue weighted by molar-refractivity contribution is -0.133. The minimum atomic E-state index is 0.195. The van der Waals surface area contributed by atoms with E-state index in [9.17, 15) is 4.79 Å². The van der Waals surface area contributed by atoms with E-state index in [1.807, 2.05) is 11.9 Å². The van der Waals surface area contributed by atoms with Crippen molar-refractivity contribution in [1.82, 2.24) is 4.90 Å². The van der Waals surface area contributed by atoms with Crippen molar-refractivity contribution in [3.63, 3.8) is 0 Å². The Morgan fingerprint density at radius 1 is 1.46 bits per heavy atom. The Morgan fingerprint density at radius 2 is 2.15 bits per heavy atom. The average Bonchev–Trinajstić information content (AvgIpc) is 2.01. The minimum absolute atomic E-state index is 0.195. The molecule has 0 saturated heterocycles. The normalized spacial score (nSPS) is 16.8. The van der Waals surface area contributed by atoms with E-state index >= 15 is 0 Å². The Kier molecular flexibility index (Phi) is 4.22. The summed E-state index contributed by atoms with van der Waals surface area (Å²) in [4.78, 5) is 13.4. The third kappa shape index (κ3) is 2.99. The molecule has 0 aliphatic heterocycles. The molecular formula is C10H19NO2. The molecule has 0 aromatic carbocycles. The van der Waals surface area contributed by atoms with Crippen LogP contribution in [0.15, 0.2) is 0 Å². The SMILES string of the molecule is CN(C(=O)CCCCO)C1CCC1. The molecule has 1 amide bonds. The summed E-state index contributed by atoms with van der Waals surface area (Å²) in [5.41, 5.74) is 0. The van der Waals surface area contributed by atoms with E-state index in [0.717, 1.165) is 12.8 Å². The number of unbranched alkanes of at least 4 members (excludes halogenated alkanes) is 1. The van der Waals surface area contributed by atoms with Gasteiger partial charge in [0.05, 0.1) is 0 Å². The van der Waals surface area contributed by atoms with Crippen LogP contribution in [0.4, 0.5) is 0 Å². The summed E-state index contributed by atoms with van der Waals surface area (Å²) in [6, 6.07) is 0.502. The van der Waals surface area contributed by atoms with Crippen molar-refractivity contribution in [3.8, 4) is 0 Å². The molecule has 0 bridgehead atoms. The van der Waals surface area contributed by atoms with Gasteiger partial charge < -0.3 is 10.0 Å². The molecule has 0 radical (unpaired) electrons. The van der Waals surface area contributed by atoms with Gasteiger partial charge in [0.25, 0.3) is 0 Å². The predicted molar refractivity (Wildman–Crippen MR) is 51.3 cm³/mol. The van der Waals surface area contributed by atoms with E-state index in [1.165, 1.54) is 19.3 Å². The lowest BCUT2D eigenvalue weighted by Gasteiger charge is -2.34. The molecule has 1 rings (SSSR count). The minimum Gasteiger partial charge on any atom is -0.396 e. The van der Waals surface area contributed by atoms with Gasteiger partial charge in [-0.15, -0.1) is 0 Å². The van der Waals surface area contributed by atoms with Crippen LogP contribution in [0.3, 0.4) is 0 Å². The predicted octanol–water partition coefficient (Wildman–Crippen LogP) is 1.16. The van der Waals surface area contributed by atoms with Crippen molar-refractivity contribution < 1.29 is 9.90 Å². The van der Waals surface area contributed by atoms with Crippen molar-refractivity contribution in [3.05, 3.63) is 0 Å². The van der Waals surface area contributed by atoms with Crippen LogP contribution in [-0.4, -0.2) is 35.6 Å². The largest absolute Gasteiger partial charge is 0.396 e. The van der Waals surface area contributed by atoms with Gasteiger partial charge in [-0.1, -0.05) is 0 Å². The van der Waals surface area contributed by atoms with Crippen LogP contribution in [0.1, 0.15) is 38.5 Å². The Morgan fingerprint density at radius 3 is 2.62 bits per heavy atom. The highest BCUT2D eigenvalue weighted by Gasteiger charge is 2.24. The van der Waals surface area contributed by atoms with Gasteiger partial charge >= 0.3 is 0 Å². The zero-order chi connectivity index (χ0) is 9.68. The second-order valence-corrected chi connectivity index (χ2v) is 3.77. The molecule has 1 aliphatic carbocycles. The number of amides is 1. The maximum atomic E-state index is 11.5. The second-order valence-electron chi connectivity index (χ2n) is 3.77. The van der Waals surface area contributed by atoms with Crippen molar-refractivity contribution in [2.24, 2.45) is 0 Å². The van der Waals surface area contributed by atoms with E-state index in [0.29, 0.717) is 12.5 Å². The Hall–Kier alpha value is -0.570. The number of hydrogen-bond acceptors (Lipinski definition) is 2. The number of carbonyl (C=O) groups is 1. The molecule has 0 atom stereocenters. The van der Waals surface area contributed by atoms with Crippen molar-refractivity contribution in [2.45, 2.75) is 44.6 Å². The molecule has 13 heavy (non-hydrogen) atoms. The van der Waals surface area contributed by atoms with Crippen LogP contribution in [0.25, 0.3) is 0 Å². The van der Waals surface area contributed by atoms with Crippen molar-refractivity contribution in [2.75, 3.05) is 13.7 Å². The highest BCUT2D eigenvalue weighted by atomic mass is 16.3. The maximum absolute atomic E-state index is 11.5. The van der Waals surface area contributed by atoms with Crippen LogP contribution in [-0.2, 0) is 4.79 Å². The number of nitrogens with zero attached hydrogens (tertiary/aromatic N) is 1. The summed E-state index contributed by atoms with van der Waals surface area (Å²) in [7, 11) is 1.89. The summed E-state index contributed by atoms with van der Waals surface area (Å²) in [6.07, 6.45) is 5.74. The van der Waals surface area contributed by atoms with Gasteiger partial charge in [0.15, 0.2) is 0 Å². The molecule has 0 aromatic heterocycles. The quantitative estimate of drug-likeness (QED) is 0.653. The first kappa shape index (κ1) is 10.5. The van der Waals surface area contributed by atoms with Crippen LogP contribution in [0, 0.1) is 0 Å². The van der Waals surface area contributed by atoms with Crippen molar-refractivity contribution in [1.29, 1.82) is 0 Å². The molecule has 76 valence electrons. The molecule has 0 spiro atoms. The van der Waals surface area contributed by atoms with Gasteiger partial charge in [0.2, 0.25) is 5.91 Å². The second kappa shape index (κ2) is 5.22. The van der Waals surface area contributed by atoms with E-state index in [1.54, 1.807) is 0 Å². The first-order valence-corrected chi connectivity index (χ1v) is 5.12. The smallest absolute Gasteiger partial charge is 0.222 e. The topological polar surface area (TPSA) is 40.5 Å². The maximum Gasteiger partial charge on any atom is 0.222 e. The van der Waals surface area contributed by atoms with Gasteiger partial charge in [0.1, 0.15) is 0 Å². The van der Waals surface area contributed by atoms with Gasteiger partial charge in [-0.2, -0.15) is 0 Å². The van der Waals surface area contributed by atoms with E-state index in [-0.39, 0.29) is 12.5 Å². The first-order chi connectivity index (χ1) is 6.25. The van der Waals surface area contributed by atoms with Crippen LogP contribution in [0.5, 0.6) is 0 Å². The van der Waals surface area contributed by atoms with Crippen molar-refractivity contribution >= 4 is 5.91 Å². The zero-order valence-electron chi connectivity index (χ0n) is 8.33. The average molecular weight is 185 g/mol. The molecular weight excluding hydrogens is 166 g/mol. The standard InChI is InChI=1S/C10H19NO2/c1-11(9-5-4-6-9)10(13)7-2-3-8-12/h9,12H,2-8H2,1H3. The molecule has 1 aliphatic rings. The zero-order valence-corrected chi connectivity index (χ0v) is 8.33. The molecule has 0 heterocycles. The monoisotopic (exact) mass is 185 g/mol. The highest BCUT2D eigenvalue weighted by Crippen LogP contribution is 2.24. The number of aliphatic hydroxyl groups is 1. The van der Waals surface area contributed by atoms with Gasteiger partial charge in [-0.25, -0.2) is 0 Å². The number of carbonyl (C=O) groups excluding carboxylic acids is 1. The van der Waals surface area contributed by atoms with Gasteiger partial charge in [-0.3, -0.25) is 4.79 Å². The van der Waals surface area contributed by atoms with E-state index in [4.69, 9.17) is 5.11 Å². The molecule has 0 unspecified atom stereocenters. The summed E-state index contributed by atoms with van der Waals surface area (Å²) in [6.45, 7) is 0.195. The molecule has 1 saturated carbocycles. The van der Waals surface area contributed by atoms with Gasteiger partial charge in [0, 0.05) is 26.1 Å². The molecule has 1 fully saturated rings. The fourth-order valence-corrected chi connectivity index (χ4v) is 1.54. The fourth-order valence-electron chi connectivity index (χ4n) is 1.54. The lowest BCUT2D eigenvalue weighted by atomic mass is 9.91. The Balaban J connectivity index is 2.13. The number of rotatable bonds is 5. The molecule has 0 aromatic rings. The lowest BCUT2D eigenvalue weighted by Crippen LogP contribution is -2.41. The fraction of sp³-hybridized carbons (Fsp3) is 0.900. The summed E-state index contributed by atoms with van der Waals surface area (Å²) >= 11 is 0. The van der Waals surface area contributed by atoms with E-state index in [2.05, 4.69) is 0 Å².